The fourth-order valence-electron chi connectivity index (χ4n) is 6.95. The molecule has 2 nitrogen and oxygen atoms in total. The van der Waals surface area contributed by atoms with Crippen molar-refractivity contribution in [2.75, 3.05) is 0 Å². The summed E-state index contributed by atoms with van der Waals surface area (Å²) in [5.41, 5.74) is 10.1. The maximum absolute atomic E-state index is 4.89. The van der Waals surface area contributed by atoms with Crippen LogP contribution in [0.3, 0.4) is 0 Å². The number of hydrogen-bond donors (Lipinski definition) is 0. The molecule has 9 aromatic rings. The Kier molecular flexibility index (Phi) is 6.84. The van der Waals surface area contributed by atoms with Gasteiger partial charge in [-0.05, 0) is 96.0 Å². The summed E-state index contributed by atoms with van der Waals surface area (Å²) in [5.74, 6) is 0.730. The third kappa shape index (κ3) is 5.01. The molecular formula is C46H30N2. The molecular weight excluding hydrogens is 581 g/mol. The second-order valence-electron chi connectivity index (χ2n) is 12.2. The summed E-state index contributed by atoms with van der Waals surface area (Å²) in [6.45, 7) is 0. The molecule has 8 aromatic carbocycles. The van der Waals surface area contributed by atoms with Gasteiger partial charge in [0.15, 0.2) is 5.82 Å². The Morgan fingerprint density at radius 3 is 1.25 bits per heavy atom. The van der Waals surface area contributed by atoms with E-state index >= 15 is 0 Å². The van der Waals surface area contributed by atoms with E-state index in [1.165, 1.54) is 60.1 Å². The van der Waals surface area contributed by atoms with Crippen molar-refractivity contribution in [3.8, 4) is 56.0 Å². The molecule has 1 aromatic heterocycles. The number of rotatable bonds is 5. The van der Waals surface area contributed by atoms with Gasteiger partial charge in [-0.2, -0.15) is 0 Å². The molecule has 0 amide bonds. The fourth-order valence-corrected chi connectivity index (χ4v) is 6.95. The van der Waals surface area contributed by atoms with Crippen LogP contribution < -0.4 is 0 Å². The molecule has 9 rings (SSSR count). The van der Waals surface area contributed by atoms with Crippen molar-refractivity contribution in [3.05, 3.63) is 182 Å². The fraction of sp³-hybridized carbons (Fsp3) is 0. The van der Waals surface area contributed by atoms with Crippen molar-refractivity contribution in [1.82, 2.24) is 9.97 Å². The van der Waals surface area contributed by atoms with Gasteiger partial charge in [-0.3, -0.25) is 0 Å². The highest BCUT2D eigenvalue weighted by atomic mass is 14.9. The Morgan fingerprint density at radius 2 is 0.688 bits per heavy atom. The molecule has 0 saturated heterocycles. The Bertz CT molecular complexity index is 2580. The van der Waals surface area contributed by atoms with Crippen LogP contribution in [0.25, 0.3) is 88.3 Å². The molecule has 0 N–H and O–H groups in total. The third-order valence-electron chi connectivity index (χ3n) is 9.32. The first kappa shape index (κ1) is 27.9. The third-order valence-corrected chi connectivity index (χ3v) is 9.32. The normalized spacial score (nSPS) is 11.3. The summed E-state index contributed by atoms with van der Waals surface area (Å²) in [6, 6.07) is 62.8. The number of fused-ring (bicyclic) bond motifs is 6. The molecule has 0 radical (unpaired) electrons. The molecule has 0 aliphatic rings. The molecule has 0 fully saturated rings. The van der Waals surface area contributed by atoms with E-state index in [-0.39, 0.29) is 0 Å². The van der Waals surface area contributed by atoms with Crippen LogP contribution in [-0.4, -0.2) is 9.97 Å². The Labute approximate surface area is 279 Å². The zero-order valence-corrected chi connectivity index (χ0v) is 26.2. The monoisotopic (exact) mass is 610 g/mol. The summed E-state index contributed by atoms with van der Waals surface area (Å²) < 4.78 is 0. The Balaban J connectivity index is 1.07. The molecule has 2 heteroatoms. The number of hydrogen-bond acceptors (Lipinski definition) is 2. The van der Waals surface area contributed by atoms with Gasteiger partial charge in [0.1, 0.15) is 0 Å². The average Bonchev–Trinajstić information content (AvgIpc) is 3.18. The van der Waals surface area contributed by atoms with Crippen LogP contribution in [0.5, 0.6) is 0 Å². The van der Waals surface area contributed by atoms with Crippen molar-refractivity contribution in [2.24, 2.45) is 0 Å². The predicted octanol–water partition coefficient (Wildman–Crippen LogP) is 12.3. The van der Waals surface area contributed by atoms with E-state index in [1.807, 2.05) is 42.6 Å². The number of nitrogens with zero attached hydrogens (tertiary/aromatic N) is 2. The van der Waals surface area contributed by atoms with Crippen molar-refractivity contribution in [3.63, 3.8) is 0 Å². The van der Waals surface area contributed by atoms with Gasteiger partial charge in [0.25, 0.3) is 0 Å². The minimum Gasteiger partial charge on any atom is -0.237 e. The highest BCUT2D eigenvalue weighted by Gasteiger charge is 2.11. The maximum atomic E-state index is 4.89. The molecule has 0 bridgehead atoms. The van der Waals surface area contributed by atoms with Gasteiger partial charge in [-0.25, -0.2) is 9.97 Å². The lowest BCUT2D eigenvalue weighted by atomic mass is 9.91. The average molecular weight is 611 g/mol. The van der Waals surface area contributed by atoms with Gasteiger partial charge in [0.2, 0.25) is 0 Å². The lowest BCUT2D eigenvalue weighted by molar-refractivity contribution is 1.18. The summed E-state index contributed by atoms with van der Waals surface area (Å²) in [6.07, 6.45) is 1.84. The van der Waals surface area contributed by atoms with Crippen molar-refractivity contribution in [2.45, 2.75) is 0 Å². The zero-order valence-electron chi connectivity index (χ0n) is 26.2. The topological polar surface area (TPSA) is 25.8 Å². The standard InChI is InChI=1S/C46H30N2/c1-2-11-31(12-3-1)46-47-26-25-45(48-46)38-18-10-17-36(29-38)34-15-8-13-32(27-34)33-14-9-16-35(28-33)37-23-24-43-41-21-5-4-19-39(41)40-20-6-7-22-42(40)44(43)30-37/h1-30H. The summed E-state index contributed by atoms with van der Waals surface area (Å²) in [4.78, 5) is 9.41. The molecule has 0 spiro atoms. The minimum atomic E-state index is 0.730. The van der Waals surface area contributed by atoms with E-state index < -0.39 is 0 Å². The molecule has 0 aliphatic carbocycles. The summed E-state index contributed by atoms with van der Waals surface area (Å²) in [7, 11) is 0. The van der Waals surface area contributed by atoms with Crippen LogP contribution in [0.4, 0.5) is 0 Å². The Hall–Kier alpha value is -6.38. The molecule has 0 atom stereocenters. The molecule has 224 valence electrons. The second kappa shape index (κ2) is 11.8. The lowest BCUT2D eigenvalue weighted by Gasteiger charge is -2.13. The SMILES string of the molecule is c1ccc(-c2nccc(-c3cccc(-c4cccc(-c5cccc(-c6ccc7c8ccccc8c8ccccc8c7c6)c5)c4)c3)n2)cc1. The zero-order chi connectivity index (χ0) is 31.9. The van der Waals surface area contributed by atoms with Crippen molar-refractivity contribution >= 4 is 32.3 Å². The first-order valence-electron chi connectivity index (χ1n) is 16.3. The quantitative estimate of drug-likeness (QED) is 0.181. The van der Waals surface area contributed by atoms with Crippen LogP contribution >= 0.6 is 0 Å². The second-order valence-corrected chi connectivity index (χ2v) is 12.2. The first-order valence-corrected chi connectivity index (χ1v) is 16.3. The van der Waals surface area contributed by atoms with Gasteiger partial charge >= 0.3 is 0 Å². The minimum absolute atomic E-state index is 0.730. The van der Waals surface area contributed by atoms with E-state index in [2.05, 4.69) is 145 Å². The molecule has 1 heterocycles. The van der Waals surface area contributed by atoms with E-state index in [0.29, 0.717) is 0 Å². The first-order chi connectivity index (χ1) is 23.8. The van der Waals surface area contributed by atoms with E-state index in [9.17, 15) is 0 Å². The van der Waals surface area contributed by atoms with Crippen LogP contribution in [0, 0.1) is 0 Å². The van der Waals surface area contributed by atoms with Crippen LogP contribution in [-0.2, 0) is 0 Å². The smallest absolute Gasteiger partial charge is 0.159 e. The maximum Gasteiger partial charge on any atom is 0.159 e. The van der Waals surface area contributed by atoms with Crippen LogP contribution in [0.1, 0.15) is 0 Å². The number of benzene rings is 8. The van der Waals surface area contributed by atoms with E-state index in [4.69, 9.17) is 4.98 Å². The van der Waals surface area contributed by atoms with Crippen LogP contribution in [0.15, 0.2) is 182 Å². The van der Waals surface area contributed by atoms with Gasteiger partial charge in [-0.15, -0.1) is 0 Å². The van der Waals surface area contributed by atoms with Crippen molar-refractivity contribution in [1.29, 1.82) is 0 Å². The highest BCUT2D eigenvalue weighted by Crippen LogP contribution is 2.38. The van der Waals surface area contributed by atoms with Crippen LogP contribution in [0.2, 0.25) is 0 Å². The summed E-state index contributed by atoms with van der Waals surface area (Å²) in [5, 5.41) is 7.76. The number of aromatic nitrogens is 2. The van der Waals surface area contributed by atoms with Gasteiger partial charge in [0.05, 0.1) is 5.69 Å². The molecule has 0 unspecified atom stereocenters. The predicted molar refractivity (Wildman–Crippen MR) is 202 cm³/mol. The van der Waals surface area contributed by atoms with E-state index in [0.717, 1.165) is 28.2 Å². The Morgan fingerprint density at radius 1 is 0.271 bits per heavy atom. The van der Waals surface area contributed by atoms with Gasteiger partial charge in [0, 0.05) is 17.3 Å². The molecule has 0 saturated carbocycles. The van der Waals surface area contributed by atoms with Gasteiger partial charge < -0.3 is 0 Å². The molecule has 48 heavy (non-hydrogen) atoms. The van der Waals surface area contributed by atoms with E-state index in [1.54, 1.807) is 0 Å². The largest absolute Gasteiger partial charge is 0.237 e. The highest BCUT2D eigenvalue weighted by molar-refractivity contribution is 6.25. The van der Waals surface area contributed by atoms with Gasteiger partial charge in [-0.1, -0.05) is 146 Å². The lowest BCUT2D eigenvalue weighted by Crippen LogP contribution is -1.91. The molecule has 0 aliphatic heterocycles. The summed E-state index contributed by atoms with van der Waals surface area (Å²) >= 11 is 0. The van der Waals surface area contributed by atoms with Crippen molar-refractivity contribution < 1.29 is 0 Å².